The van der Waals surface area contributed by atoms with Gasteiger partial charge in [-0.3, -0.25) is 4.79 Å². The van der Waals surface area contributed by atoms with E-state index in [1.807, 2.05) is 11.8 Å². The minimum Gasteiger partial charge on any atom is -0.378 e. The van der Waals surface area contributed by atoms with Crippen LogP contribution in [0.4, 0.5) is 0 Å². The van der Waals surface area contributed by atoms with Crippen LogP contribution in [-0.2, 0) is 9.53 Å². The van der Waals surface area contributed by atoms with Crippen LogP contribution in [0.25, 0.3) is 0 Å². The summed E-state index contributed by atoms with van der Waals surface area (Å²) in [6.45, 7) is 6.14. The number of hydrogen-bond donors (Lipinski definition) is 0. The summed E-state index contributed by atoms with van der Waals surface area (Å²) in [6, 6.07) is 0. The molecule has 0 unspecified atom stereocenters. The zero-order valence-electron chi connectivity index (χ0n) is 7.88. The van der Waals surface area contributed by atoms with Crippen molar-refractivity contribution >= 4 is 5.91 Å². The van der Waals surface area contributed by atoms with Gasteiger partial charge in [0.05, 0.1) is 6.10 Å². The fourth-order valence-electron chi connectivity index (χ4n) is 1.57. The highest BCUT2D eigenvalue weighted by Gasteiger charge is 2.20. The Bertz CT molecular complexity index is 151. The second-order valence-corrected chi connectivity index (χ2v) is 3.16. The molecule has 1 fully saturated rings. The van der Waals surface area contributed by atoms with E-state index >= 15 is 0 Å². The number of ether oxygens (including phenoxy) is 1. The molecule has 3 nitrogen and oxygen atoms in total. The SMILES string of the molecule is CCOC1CCN(C(C)=O)CC1. The van der Waals surface area contributed by atoms with Crippen LogP contribution in [0.15, 0.2) is 0 Å². The summed E-state index contributed by atoms with van der Waals surface area (Å²) in [5.41, 5.74) is 0. The highest BCUT2D eigenvalue weighted by Crippen LogP contribution is 2.13. The molecule has 3 heteroatoms. The largest absolute Gasteiger partial charge is 0.378 e. The van der Waals surface area contributed by atoms with Crippen molar-refractivity contribution in [3.63, 3.8) is 0 Å². The zero-order valence-corrected chi connectivity index (χ0v) is 7.88. The molecule has 0 radical (unpaired) electrons. The van der Waals surface area contributed by atoms with Gasteiger partial charge in [-0.2, -0.15) is 0 Å². The van der Waals surface area contributed by atoms with E-state index in [2.05, 4.69) is 0 Å². The molecular weight excluding hydrogens is 154 g/mol. The van der Waals surface area contributed by atoms with Gasteiger partial charge in [-0.25, -0.2) is 0 Å². The Hall–Kier alpha value is -0.570. The Morgan fingerprint density at radius 3 is 2.50 bits per heavy atom. The Labute approximate surface area is 73.7 Å². The van der Waals surface area contributed by atoms with E-state index in [9.17, 15) is 4.79 Å². The quantitative estimate of drug-likeness (QED) is 0.621. The monoisotopic (exact) mass is 171 g/mol. The molecule has 0 aromatic rings. The topological polar surface area (TPSA) is 29.5 Å². The Kier molecular flexibility index (Phi) is 3.53. The Morgan fingerprint density at radius 1 is 1.50 bits per heavy atom. The molecule has 70 valence electrons. The van der Waals surface area contributed by atoms with Gasteiger partial charge in [0.1, 0.15) is 0 Å². The Balaban J connectivity index is 2.25. The van der Waals surface area contributed by atoms with Gasteiger partial charge in [0, 0.05) is 26.6 Å². The van der Waals surface area contributed by atoms with Crippen LogP contribution < -0.4 is 0 Å². The maximum Gasteiger partial charge on any atom is 0.219 e. The summed E-state index contributed by atoms with van der Waals surface area (Å²) in [4.78, 5) is 12.8. The van der Waals surface area contributed by atoms with Crippen LogP contribution in [0.1, 0.15) is 26.7 Å². The summed E-state index contributed by atoms with van der Waals surface area (Å²) >= 11 is 0. The van der Waals surface area contributed by atoms with Gasteiger partial charge in [0.15, 0.2) is 0 Å². The van der Waals surface area contributed by atoms with Gasteiger partial charge in [-0.15, -0.1) is 0 Å². The molecule has 12 heavy (non-hydrogen) atoms. The van der Waals surface area contributed by atoms with Gasteiger partial charge >= 0.3 is 0 Å². The van der Waals surface area contributed by atoms with Crippen molar-refractivity contribution in [1.29, 1.82) is 0 Å². The molecule has 1 aliphatic heterocycles. The summed E-state index contributed by atoms with van der Waals surface area (Å²) in [7, 11) is 0. The zero-order chi connectivity index (χ0) is 8.97. The summed E-state index contributed by atoms with van der Waals surface area (Å²) in [5.74, 6) is 0.185. The van der Waals surface area contributed by atoms with Crippen LogP contribution >= 0.6 is 0 Å². The van der Waals surface area contributed by atoms with Crippen molar-refractivity contribution in [1.82, 2.24) is 4.90 Å². The van der Waals surface area contributed by atoms with E-state index in [0.29, 0.717) is 6.10 Å². The maximum atomic E-state index is 10.9. The lowest BCUT2D eigenvalue weighted by Crippen LogP contribution is -2.39. The molecule has 0 aliphatic carbocycles. The average Bonchev–Trinajstić information content (AvgIpc) is 2.06. The number of nitrogens with zero attached hydrogens (tertiary/aromatic N) is 1. The molecule has 1 rings (SSSR count). The first-order valence-electron chi connectivity index (χ1n) is 4.61. The van der Waals surface area contributed by atoms with Crippen molar-refractivity contribution in [2.24, 2.45) is 0 Å². The second-order valence-electron chi connectivity index (χ2n) is 3.16. The first kappa shape index (κ1) is 9.52. The van der Waals surface area contributed by atoms with Crippen molar-refractivity contribution in [2.75, 3.05) is 19.7 Å². The molecule has 1 aliphatic rings. The van der Waals surface area contributed by atoms with Crippen LogP contribution in [0.2, 0.25) is 0 Å². The average molecular weight is 171 g/mol. The lowest BCUT2D eigenvalue weighted by Gasteiger charge is -2.30. The molecular formula is C9H17NO2. The maximum absolute atomic E-state index is 10.9. The molecule has 0 aromatic heterocycles. The van der Waals surface area contributed by atoms with E-state index in [-0.39, 0.29) is 5.91 Å². The van der Waals surface area contributed by atoms with Crippen LogP contribution in [0.3, 0.4) is 0 Å². The van der Waals surface area contributed by atoms with Crippen molar-refractivity contribution < 1.29 is 9.53 Å². The lowest BCUT2D eigenvalue weighted by atomic mass is 10.1. The minimum atomic E-state index is 0.185. The normalized spacial score (nSPS) is 19.7. The molecule has 1 heterocycles. The van der Waals surface area contributed by atoms with Crippen LogP contribution in [0, 0.1) is 0 Å². The van der Waals surface area contributed by atoms with Gasteiger partial charge in [0.25, 0.3) is 0 Å². The third-order valence-corrected chi connectivity index (χ3v) is 2.29. The fourth-order valence-corrected chi connectivity index (χ4v) is 1.57. The van der Waals surface area contributed by atoms with E-state index in [0.717, 1.165) is 32.5 Å². The van der Waals surface area contributed by atoms with Crippen LogP contribution in [-0.4, -0.2) is 36.6 Å². The molecule has 0 bridgehead atoms. The van der Waals surface area contributed by atoms with Crippen molar-refractivity contribution in [3.05, 3.63) is 0 Å². The number of piperidine rings is 1. The number of carbonyl (C=O) groups is 1. The smallest absolute Gasteiger partial charge is 0.219 e. The van der Waals surface area contributed by atoms with E-state index < -0.39 is 0 Å². The molecule has 0 N–H and O–H groups in total. The highest BCUT2D eigenvalue weighted by molar-refractivity contribution is 5.73. The minimum absolute atomic E-state index is 0.185. The highest BCUT2D eigenvalue weighted by atomic mass is 16.5. The number of hydrogen-bond acceptors (Lipinski definition) is 2. The molecule has 1 saturated heterocycles. The van der Waals surface area contributed by atoms with Gasteiger partial charge in [0.2, 0.25) is 5.91 Å². The van der Waals surface area contributed by atoms with E-state index in [1.165, 1.54) is 0 Å². The van der Waals surface area contributed by atoms with Gasteiger partial charge in [-0.1, -0.05) is 0 Å². The number of rotatable bonds is 2. The number of likely N-dealkylation sites (tertiary alicyclic amines) is 1. The summed E-state index contributed by atoms with van der Waals surface area (Å²) < 4.78 is 5.47. The summed E-state index contributed by atoms with van der Waals surface area (Å²) in [5, 5.41) is 0. The molecule has 0 spiro atoms. The summed E-state index contributed by atoms with van der Waals surface area (Å²) in [6.07, 6.45) is 2.37. The third kappa shape index (κ3) is 2.48. The van der Waals surface area contributed by atoms with Gasteiger partial charge < -0.3 is 9.64 Å². The molecule has 0 saturated carbocycles. The van der Waals surface area contributed by atoms with Gasteiger partial charge in [-0.05, 0) is 19.8 Å². The predicted octanol–water partition coefficient (Wildman–Crippen LogP) is 1.03. The first-order chi connectivity index (χ1) is 5.74. The molecule has 1 amide bonds. The lowest BCUT2D eigenvalue weighted by molar-refractivity contribution is -0.131. The van der Waals surface area contributed by atoms with Crippen LogP contribution in [0.5, 0.6) is 0 Å². The first-order valence-corrected chi connectivity index (χ1v) is 4.61. The number of amides is 1. The number of carbonyl (C=O) groups excluding carboxylic acids is 1. The van der Waals surface area contributed by atoms with E-state index in [4.69, 9.17) is 4.74 Å². The second kappa shape index (κ2) is 4.45. The standard InChI is InChI=1S/C9H17NO2/c1-3-12-9-4-6-10(7-5-9)8(2)11/h9H,3-7H2,1-2H3. The molecule has 0 atom stereocenters. The van der Waals surface area contributed by atoms with Crippen molar-refractivity contribution in [3.8, 4) is 0 Å². The predicted molar refractivity (Wildman–Crippen MR) is 46.9 cm³/mol. The Morgan fingerprint density at radius 2 is 2.08 bits per heavy atom. The molecule has 0 aromatic carbocycles. The third-order valence-electron chi connectivity index (χ3n) is 2.29. The fraction of sp³-hybridized carbons (Fsp3) is 0.889. The van der Waals surface area contributed by atoms with Crippen molar-refractivity contribution in [2.45, 2.75) is 32.8 Å². The van der Waals surface area contributed by atoms with E-state index in [1.54, 1.807) is 6.92 Å².